The van der Waals surface area contributed by atoms with Crippen LogP contribution in [0.1, 0.15) is 41.5 Å². The number of rotatable bonds is 0. The van der Waals surface area contributed by atoms with Gasteiger partial charge < -0.3 is 44.8 Å². The van der Waals surface area contributed by atoms with E-state index < -0.39 is 80.9 Å². The third kappa shape index (κ3) is 3.48. The normalized spacial score (nSPS) is 26.9. The Labute approximate surface area is 193 Å². The molecule has 2 aromatic carbocycles. The average Bonchev–Trinajstić information content (AvgIpc) is 2.81. The summed E-state index contributed by atoms with van der Waals surface area (Å²) in [6.45, 7) is 5.21. The first kappa shape index (κ1) is 23.3. The Morgan fingerprint density at radius 2 is 1.24 bits per heavy atom. The minimum Gasteiger partial charge on any atom is -0.504 e. The van der Waals surface area contributed by atoms with Gasteiger partial charge >= 0.3 is 11.9 Å². The highest BCUT2D eigenvalue weighted by Gasteiger charge is 2.44. The van der Waals surface area contributed by atoms with Crippen LogP contribution in [-0.4, -0.2) is 67.5 Å². The summed E-state index contributed by atoms with van der Waals surface area (Å²) in [6, 6.07) is 1.56. The molecule has 0 radical (unpaired) electrons. The predicted octanol–water partition coefficient (Wildman–Crippen LogP) is 2.34. The number of benzene rings is 2. The minimum absolute atomic E-state index is 0.0499. The van der Waals surface area contributed by atoms with Crippen LogP contribution in [0.25, 0.3) is 11.1 Å². The number of hydrogen-bond acceptors (Lipinski definition) is 11. The quantitative estimate of drug-likeness (QED) is 0.242. The maximum Gasteiger partial charge on any atom is 0.339 e. The topological polar surface area (TPSA) is 183 Å². The van der Waals surface area contributed by atoms with Crippen molar-refractivity contribution in [2.75, 3.05) is 6.61 Å². The molecule has 34 heavy (non-hydrogen) atoms. The largest absolute Gasteiger partial charge is 0.504 e. The molecule has 4 rings (SSSR count). The van der Waals surface area contributed by atoms with E-state index in [0.29, 0.717) is 0 Å². The molecule has 6 N–H and O–H groups in total. The van der Waals surface area contributed by atoms with Crippen LogP contribution in [0.2, 0.25) is 0 Å². The van der Waals surface area contributed by atoms with E-state index in [1.165, 1.54) is 0 Å². The molecule has 2 heterocycles. The van der Waals surface area contributed by atoms with Gasteiger partial charge in [0, 0.05) is 17.0 Å². The zero-order valence-corrected chi connectivity index (χ0v) is 18.5. The average molecular weight is 476 g/mol. The Morgan fingerprint density at radius 3 is 1.76 bits per heavy atom. The van der Waals surface area contributed by atoms with Gasteiger partial charge in [0.2, 0.25) is 11.5 Å². The van der Waals surface area contributed by atoms with E-state index in [4.69, 9.17) is 14.2 Å². The number of ether oxygens (including phenoxy) is 3. The zero-order valence-electron chi connectivity index (χ0n) is 18.5. The monoisotopic (exact) mass is 476 g/mol. The maximum atomic E-state index is 13.3. The number of phenols is 6. The van der Waals surface area contributed by atoms with Crippen molar-refractivity contribution in [2.45, 2.75) is 39.1 Å². The molecule has 5 atom stereocenters. The highest BCUT2D eigenvalue weighted by atomic mass is 16.6. The first-order valence-electron chi connectivity index (χ1n) is 10.5. The molecule has 2 aliphatic heterocycles. The van der Waals surface area contributed by atoms with E-state index in [1.54, 1.807) is 0 Å². The van der Waals surface area contributed by atoms with Crippen molar-refractivity contribution in [3.63, 3.8) is 0 Å². The minimum atomic E-state index is -1.09. The Hall–Kier alpha value is -3.86. The fraction of sp³-hybridized carbons (Fsp3) is 0.391. The third-order valence-electron chi connectivity index (χ3n) is 6.66. The first-order valence-corrected chi connectivity index (χ1v) is 10.5. The van der Waals surface area contributed by atoms with Crippen LogP contribution in [0.4, 0.5) is 0 Å². The van der Waals surface area contributed by atoms with Crippen molar-refractivity contribution in [3.8, 4) is 45.6 Å². The summed E-state index contributed by atoms with van der Waals surface area (Å²) in [5.74, 6) is -8.47. The van der Waals surface area contributed by atoms with E-state index in [1.807, 2.05) is 20.8 Å². The van der Waals surface area contributed by atoms with Crippen LogP contribution in [0.15, 0.2) is 12.1 Å². The van der Waals surface area contributed by atoms with Gasteiger partial charge in [0.15, 0.2) is 23.0 Å². The Kier molecular flexibility index (Phi) is 5.60. The Bertz CT molecular complexity index is 1190. The fourth-order valence-electron chi connectivity index (χ4n) is 4.40. The van der Waals surface area contributed by atoms with Gasteiger partial charge in [0.25, 0.3) is 0 Å². The van der Waals surface area contributed by atoms with Gasteiger partial charge in [-0.1, -0.05) is 13.8 Å². The summed E-state index contributed by atoms with van der Waals surface area (Å²) in [5, 5.41) is 61.4. The molecule has 0 spiro atoms. The van der Waals surface area contributed by atoms with Crippen LogP contribution in [0.5, 0.6) is 34.5 Å². The molecule has 0 amide bonds. The number of carbonyl (C=O) groups is 2. The van der Waals surface area contributed by atoms with Crippen molar-refractivity contribution >= 4 is 11.9 Å². The molecule has 3 unspecified atom stereocenters. The molecular weight excluding hydrogens is 452 g/mol. The molecule has 1 saturated heterocycles. The van der Waals surface area contributed by atoms with Gasteiger partial charge in [-0.05, 0) is 25.0 Å². The summed E-state index contributed by atoms with van der Waals surface area (Å²) in [4.78, 5) is 26.3. The van der Waals surface area contributed by atoms with Crippen LogP contribution in [-0.2, 0) is 14.2 Å². The van der Waals surface area contributed by atoms with Crippen molar-refractivity contribution in [1.82, 2.24) is 0 Å². The number of phenolic OH excluding ortho intramolecular Hbond substituents is 6. The van der Waals surface area contributed by atoms with Gasteiger partial charge in [-0.25, -0.2) is 9.59 Å². The summed E-state index contributed by atoms with van der Waals surface area (Å²) in [7, 11) is 0. The number of fused-ring (bicyclic) bond motifs is 4. The molecule has 1 fully saturated rings. The van der Waals surface area contributed by atoms with Gasteiger partial charge in [0.1, 0.15) is 18.8 Å². The molecular formula is C23H24O11. The molecule has 0 bridgehead atoms. The van der Waals surface area contributed by atoms with Crippen LogP contribution < -0.4 is 0 Å². The molecule has 182 valence electrons. The summed E-state index contributed by atoms with van der Waals surface area (Å²) < 4.78 is 16.9. The maximum absolute atomic E-state index is 13.3. The van der Waals surface area contributed by atoms with Crippen molar-refractivity contribution in [1.29, 1.82) is 0 Å². The second-order valence-corrected chi connectivity index (χ2v) is 8.60. The molecule has 2 aromatic rings. The van der Waals surface area contributed by atoms with E-state index in [-0.39, 0.29) is 24.5 Å². The van der Waals surface area contributed by atoms with Crippen molar-refractivity contribution in [3.05, 3.63) is 23.3 Å². The summed E-state index contributed by atoms with van der Waals surface area (Å²) in [6.07, 6.45) is -2.01. The number of aromatic hydroxyl groups is 6. The van der Waals surface area contributed by atoms with E-state index in [9.17, 15) is 40.2 Å². The first-order chi connectivity index (χ1) is 15.9. The number of carbonyl (C=O) groups excluding carboxylic acids is 2. The van der Waals surface area contributed by atoms with E-state index in [0.717, 1.165) is 12.1 Å². The lowest BCUT2D eigenvalue weighted by atomic mass is 9.82. The van der Waals surface area contributed by atoms with Crippen LogP contribution in [0.3, 0.4) is 0 Å². The van der Waals surface area contributed by atoms with Gasteiger partial charge in [0.05, 0.1) is 17.2 Å². The number of cyclic esters (lactones) is 1. The zero-order chi connectivity index (χ0) is 25.1. The fourth-order valence-corrected chi connectivity index (χ4v) is 4.40. The highest BCUT2D eigenvalue weighted by molar-refractivity contribution is 6.08. The second kappa shape index (κ2) is 8.17. The van der Waals surface area contributed by atoms with Crippen LogP contribution in [0, 0.1) is 11.8 Å². The van der Waals surface area contributed by atoms with E-state index in [2.05, 4.69) is 0 Å². The smallest absolute Gasteiger partial charge is 0.339 e. The van der Waals surface area contributed by atoms with E-state index >= 15 is 0 Å². The third-order valence-corrected chi connectivity index (χ3v) is 6.66. The molecule has 11 heteroatoms. The number of hydrogen-bond donors (Lipinski definition) is 6. The highest BCUT2D eigenvalue weighted by Crippen LogP contribution is 2.53. The Balaban J connectivity index is 2.02. The molecule has 2 aliphatic rings. The Morgan fingerprint density at radius 1 is 0.735 bits per heavy atom. The van der Waals surface area contributed by atoms with Gasteiger partial charge in [-0.15, -0.1) is 0 Å². The van der Waals surface area contributed by atoms with Crippen LogP contribution >= 0.6 is 0 Å². The lowest BCUT2D eigenvalue weighted by molar-refractivity contribution is -0.176. The van der Waals surface area contributed by atoms with Crippen molar-refractivity contribution in [2.24, 2.45) is 11.8 Å². The molecule has 0 saturated carbocycles. The number of esters is 2. The predicted molar refractivity (Wildman–Crippen MR) is 114 cm³/mol. The molecule has 11 nitrogen and oxygen atoms in total. The van der Waals surface area contributed by atoms with Gasteiger partial charge in [-0.3, -0.25) is 0 Å². The van der Waals surface area contributed by atoms with Gasteiger partial charge in [-0.2, -0.15) is 0 Å². The second-order valence-electron chi connectivity index (χ2n) is 8.60. The van der Waals surface area contributed by atoms with Crippen molar-refractivity contribution < 1.29 is 54.4 Å². The molecule has 0 aromatic heterocycles. The SMILES string of the molecule is CC1OC2COC(=O)c3cc(O)c(O)c(O)c3-c3c(cc(O)c(O)c3O)C(=O)OC2[C@H](C)[C@@H]1C. The summed E-state index contributed by atoms with van der Waals surface area (Å²) >= 11 is 0. The lowest BCUT2D eigenvalue weighted by Crippen LogP contribution is -2.52. The standard InChI is InChI=1S/C23H24O11/c1-7-8(2)21-14(33-9(7)3)6-32-22(30)10-4-12(24)17(26)19(28)15(10)16-11(23(31)34-21)5-13(25)18(27)20(16)29/h4-5,7-9,14,21,24-29H,6H2,1-3H3/t7-,8+,9?,14?,21?/m0/s1. The molecule has 0 aliphatic carbocycles. The summed E-state index contributed by atoms with van der Waals surface area (Å²) in [5.41, 5.74) is -2.31. The lowest BCUT2D eigenvalue weighted by Gasteiger charge is -2.42.